The largest absolute Gasteiger partial charge is 0.0651 e. The molecule has 0 saturated carbocycles. The maximum absolute atomic E-state index is 2.52. The van der Waals surface area contributed by atoms with E-state index in [1.807, 2.05) is 0 Å². The molecule has 0 amide bonds. The zero-order valence-electron chi connectivity index (χ0n) is 15.0. The van der Waals surface area contributed by atoms with Crippen LogP contribution in [0.4, 0.5) is 0 Å². The SMILES string of the molecule is CCCc1cc2ccc(CCC)c(CCC)c2cc1CCC. The minimum atomic E-state index is 1.21. The van der Waals surface area contributed by atoms with Gasteiger partial charge in [-0.05, 0) is 58.7 Å². The highest BCUT2D eigenvalue weighted by atomic mass is 14.2. The smallest absolute Gasteiger partial charge is 0.0146 e. The van der Waals surface area contributed by atoms with Gasteiger partial charge in [0.15, 0.2) is 0 Å². The molecule has 2 rings (SSSR count). The molecule has 0 nitrogen and oxygen atoms in total. The Bertz CT molecular complexity index is 603. The van der Waals surface area contributed by atoms with E-state index < -0.39 is 0 Å². The number of benzene rings is 2. The van der Waals surface area contributed by atoms with Crippen LogP contribution < -0.4 is 0 Å². The van der Waals surface area contributed by atoms with Gasteiger partial charge < -0.3 is 0 Å². The van der Waals surface area contributed by atoms with E-state index in [4.69, 9.17) is 0 Å². The number of rotatable bonds is 8. The van der Waals surface area contributed by atoms with Gasteiger partial charge in [0, 0.05) is 0 Å². The molecule has 2 aromatic carbocycles. The van der Waals surface area contributed by atoms with Crippen molar-refractivity contribution in [2.45, 2.75) is 79.1 Å². The van der Waals surface area contributed by atoms with Crippen molar-refractivity contribution < 1.29 is 0 Å². The molecule has 0 heterocycles. The van der Waals surface area contributed by atoms with Crippen molar-refractivity contribution in [3.05, 3.63) is 46.5 Å². The summed E-state index contributed by atoms with van der Waals surface area (Å²) in [6.07, 6.45) is 9.79. The second-order valence-electron chi connectivity index (χ2n) is 6.55. The second kappa shape index (κ2) is 8.36. The van der Waals surface area contributed by atoms with Crippen molar-refractivity contribution in [1.29, 1.82) is 0 Å². The van der Waals surface area contributed by atoms with Crippen molar-refractivity contribution in [1.82, 2.24) is 0 Å². The van der Waals surface area contributed by atoms with Crippen molar-refractivity contribution >= 4 is 10.8 Å². The summed E-state index contributed by atoms with van der Waals surface area (Å²) >= 11 is 0. The predicted octanol–water partition coefficient (Wildman–Crippen LogP) is 6.65. The molecule has 0 spiro atoms. The quantitative estimate of drug-likeness (QED) is 0.511. The van der Waals surface area contributed by atoms with Crippen LogP contribution in [0.1, 0.15) is 75.6 Å². The van der Waals surface area contributed by atoms with E-state index in [9.17, 15) is 0 Å². The fraction of sp³-hybridized carbons (Fsp3) is 0.545. The molecule has 0 aromatic heterocycles. The standard InChI is InChI=1S/C22H32/c1-5-9-17-13-14-20-15-18(10-6-2)19(11-7-3)16-22(20)21(17)12-8-4/h13-16H,5-12H2,1-4H3. The summed E-state index contributed by atoms with van der Waals surface area (Å²) in [4.78, 5) is 0. The van der Waals surface area contributed by atoms with Crippen LogP contribution in [0.2, 0.25) is 0 Å². The number of hydrogen-bond acceptors (Lipinski definition) is 0. The Morgan fingerprint density at radius 3 is 1.73 bits per heavy atom. The van der Waals surface area contributed by atoms with Gasteiger partial charge in [-0.25, -0.2) is 0 Å². The first-order valence-corrected chi connectivity index (χ1v) is 9.31. The normalized spacial score (nSPS) is 11.3. The molecular weight excluding hydrogens is 264 g/mol. The number of fused-ring (bicyclic) bond motifs is 1. The summed E-state index contributed by atoms with van der Waals surface area (Å²) in [6, 6.07) is 9.73. The van der Waals surface area contributed by atoms with Crippen molar-refractivity contribution in [2.24, 2.45) is 0 Å². The molecule has 0 aliphatic rings. The molecule has 0 aliphatic carbocycles. The Hall–Kier alpha value is -1.30. The molecule has 0 heteroatoms. The van der Waals surface area contributed by atoms with Crippen LogP contribution in [0.5, 0.6) is 0 Å². The Balaban J connectivity index is 2.62. The molecule has 0 aliphatic heterocycles. The molecule has 0 unspecified atom stereocenters. The highest BCUT2D eigenvalue weighted by Gasteiger charge is 2.10. The maximum Gasteiger partial charge on any atom is -0.0146 e. The van der Waals surface area contributed by atoms with Crippen LogP contribution >= 0.6 is 0 Å². The zero-order valence-corrected chi connectivity index (χ0v) is 15.0. The Kier molecular flexibility index (Phi) is 6.49. The lowest BCUT2D eigenvalue weighted by atomic mass is 9.89. The minimum Gasteiger partial charge on any atom is -0.0651 e. The van der Waals surface area contributed by atoms with Crippen LogP contribution in [-0.4, -0.2) is 0 Å². The number of aryl methyl sites for hydroxylation is 4. The average molecular weight is 296 g/mol. The van der Waals surface area contributed by atoms with Gasteiger partial charge in [-0.1, -0.05) is 77.6 Å². The fourth-order valence-electron chi connectivity index (χ4n) is 3.62. The third-order valence-corrected chi connectivity index (χ3v) is 4.61. The number of hydrogen-bond donors (Lipinski definition) is 0. The van der Waals surface area contributed by atoms with Gasteiger partial charge in [0.2, 0.25) is 0 Å². The molecule has 0 N–H and O–H groups in total. The van der Waals surface area contributed by atoms with Crippen LogP contribution in [0.25, 0.3) is 10.8 Å². The first kappa shape index (κ1) is 17.1. The Labute approximate surface area is 136 Å². The van der Waals surface area contributed by atoms with Gasteiger partial charge in [0.1, 0.15) is 0 Å². The predicted molar refractivity (Wildman–Crippen MR) is 99.9 cm³/mol. The van der Waals surface area contributed by atoms with Crippen LogP contribution in [-0.2, 0) is 25.7 Å². The van der Waals surface area contributed by atoms with E-state index in [-0.39, 0.29) is 0 Å². The lowest BCUT2D eigenvalue weighted by Gasteiger charge is -2.16. The first-order valence-electron chi connectivity index (χ1n) is 9.31. The van der Waals surface area contributed by atoms with Gasteiger partial charge in [-0.3, -0.25) is 0 Å². The van der Waals surface area contributed by atoms with Gasteiger partial charge in [0.25, 0.3) is 0 Å². The van der Waals surface area contributed by atoms with Crippen molar-refractivity contribution in [3.8, 4) is 0 Å². The summed E-state index contributed by atoms with van der Waals surface area (Å²) in [5, 5.41) is 2.97. The van der Waals surface area contributed by atoms with E-state index in [0.29, 0.717) is 0 Å². The summed E-state index contributed by atoms with van der Waals surface area (Å²) in [5.74, 6) is 0. The molecule has 0 bridgehead atoms. The lowest BCUT2D eigenvalue weighted by molar-refractivity contribution is 0.858. The third-order valence-electron chi connectivity index (χ3n) is 4.61. The minimum absolute atomic E-state index is 1.21. The van der Waals surface area contributed by atoms with Crippen molar-refractivity contribution in [3.63, 3.8) is 0 Å². The van der Waals surface area contributed by atoms with Gasteiger partial charge >= 0.3 is 0 Å². The molecule has 22 heavy (non-hydrogen) atoms. The molecule has 2 aromatic rings. The Morgan fingerprint density at radius 2 is 1.14 bits per heavy atom. The highest BCUT2D eigenvalue weighted by molar-refractivity contribution is 5.88. The van der Waals surface area contributed by atoms with Gasteiger partial charge in [-0.2, -0.15) is 0 Å². The van der Waals surface area contributed by atoms with E-state index in [0.717, 1.165) is 0 Å². The van der Waals surface area contributed by atoms with Gasteiger partial charge in [-0.15, -0.1) is 0 Å². The molecule has 0 fully saturated rings. The Morgan fingerprint density at radius 1 is 0.591 bits per heavy atom. The van der Waals surface area contributed by atoms with Crippen molar-refractivity contribution in [2.75, 3.05) is 0 Å². The zero-order chi connectivity index (χ0) is 15.9. The molecule has 0 atom stereocenters. The molecule has 0 radical (unpaired) electrons. The molecule has 0 saturated heterocycles. The topological polar surface area (TPSA) is 0 Å². The molecular formula is C22H32. The summed E-state index contributed by atoms with van der Waals surface area (Å²) in [5.41, 5.74) is 6.34. The fourth-order valence-corrected chi connectivity index (χ4v) is 3.62. The van der Waals surface area contributed by atoms with Crippen LogP contribution in [0.3, 0.4) is 0 Å². The van der Waals surface area contributed by atoms with E-state index >= 15 is 0 Å². The highest BCUT2D eigenvalue weighted by Crippen LogP contribution is 2.29. The summed E-state index contributed by atoms with van der Waals surface area (Å²) < 4.78 is 0. The van der Waals surface area contributed by atoms with Crippen LogP contribution in [0, 0.1) is 0 Å². The first-order chi connectivity index (χ1) is 10.7. The second-order valence-corrected chi connectivity index (χ2v) is 6.55. The maximum atomic E-state index is 2.52. The van der Waals surface area contributed by atoms with Crippen LogP contribution in [0.15, 0.2) is 24.3 Å². The monoisotopic (exact) mass is 296 g/mol. The average Bonchev–Trinajstić information content (AvgIpc) is 2.51. The third kappa shape index (κ3) is 3.72. The van der Waals surface area contributed by atoms with Gasteiger partial charge in [0.05, 0.1) is 0 Å². The summed E-state index contributed by atoms with van der Waals surface area (Å²) in [7, 11) is 0. The molecule has 120 valence electrons. The summed E-state index contributed by atoms with van der Waals surface area (Å²) in [6.45, 7) is 9.16. The van der Waals surface area contributed by atoms with E-state index in [1.165, 1.54) is 62.1 Å². The van der Waals surface area contributed by atoms with E-state index in [1.54, 1.807) is 22.3 Å². The van der Waals surface area contributed by atoms with E-state index in [2.05, 4.69) is 52.0 Å². The lowest BCUT2D eigenvalue weighted by Crippen LogP contribution is -1.99.